The highest BCUT2D eigenvalue weighted by molar-refractivity contribution is 5.97. The molecule has 1 aromatic carbocycles. The average Bonchev–Trinajstić information content (AvgIpc) is 3.09. The Morgan fingerprint density at radius 1 is 1.35 bits per heavy atom. The maximum Gasteiger partial charge on any atom is 0.273 e. The van der Waals surface area contributed by atoms with E-state index in [9.17, 15) is 9.18 Å². The van der Waals surface area contributed by atoms with Gasteiger partial charge in [-0.3, -0.25) is 9.79 Å². The van der Waals surface area contributed by atoms with Gasteiger partial charge < -0.3 is 9.73 Å². The summed E-state index contributed by atoms with van der Waals surface area (Å²) in [6.45, 7) is 5.01. The average molecular weight is 355 g/mol. The Morgan fingerprint density at radius 3 is 2.85 bits per heavy atom. The van der Waals surface area contributed by atoms with E-state index in [1.807, 2.05) is 38.1 Å². The SMILES string of the molecule is Cc1ccc(-c2ocnc2C(=O)NCCCC2(C)C=C(F)C=NC2)cc1. The van der Waals surface area contributed by atoms with Crippen LogP contribution in [0.4, 0.5) is 4.39 Å². The van der Waals surface area contributed by atoms with Gasteiger partial charge >= 0.3 is 0 Å². The molecule has 0 saturated carbocycles. The third kappa shape index (κ3) is 4.25. The number of carbonyl (C=O) groups is 1. The normalized spacial score (nSPS) is 19.3. The molecule has 1 aliphatic heterocycles. The van der Waals surface area contributed by atoms with Crippen molar-refractivity contribution in [3.8, 4) is 11.3 Å². The van der Waals surface area contributed by atoms with E-state index in [0.717, 1.165) is 24.0 Å². The van der Waals surface area contributed by atoms with E-state index < -0.39 is 0 Å². The topological polar surface area (TPSA) is 67.5 Å². The number of nitrogens with one attached hydrogen (secondary N) is 1. The van der Waals surface area contributed by atoms with E-state index in [1.165, 1.54) is 12.6 Å². The number of oxazole rings is 1. The number of nitrogens with zero attached hydrogens (tertiary/aromatic N) is 2. The fraction of sp³-hybridized carbons (Fsp3) is 0.350. The molecule has 136 valence electrons. The number of benzene rings is 1. The number of dihydropyridines is 1. The number of carbonyl (C=O) groups excluding carboxylic acids is 1. The second kappa shape index (κ2) is 7.64. The summed E-state index contributed by atoms with van der Waals surface area (Å²) >= 11 is 0. The van der Waals surface area contributed by atoms with Gasteiger partial charge in [0.05, 0.1) is 6.21 Å². The molecule has 2 heterocycles. The molecule has 0 fully saturated rings. The van der Waals surface area contributed by atoms with Gasteiger partial charge in [0.1, 0.15) is 5.83 Å². The second-order valence-corrected chi connectivity index (χ2v) is 6.91. The highest BCUT2D eigenvalue weighted by Crippen LogP contribution is 2.29. The first-order chi connectivity index (χ1) is 12.5. The van der Waals surface area contributed by atoms with Crippen LogP contribution < -0.4 is 5.32 Å². The van der Waals surface area contributed by atoms with E-state index in [1.54, 1.807) is 6.08 Å². The first-order valence-corrected chi connectivity index (χ1v) is 8.64. The van der Waals surface area contributed by atoms with E-state index in [-0.39, 0.29) is 22.8 Å². The van der Waals surface area contributed by atoms with E-state index in [2.05, 4.69) is 15.3 Å². The summed E-state index contributed by atoms with van der Waals surface area (Å²) in [6, 6.07) is 7.72. The van der Waals surface area contributed by atoms with Crippen LogP contribution in [0.15, 0.2) is 52.0 Å². The predicted octanol–water partition coefficient (Wildman–Crippen LogP) is 4.10. The maximum atomic E-state index is 13.4. The molecule has 0 aliphatic carbocycles. The zero-order valence-electron chi connectivity index (χ0n) is 15.0. The highest BCUT2D eigenvalue weighted by atomic mass is 19.1. The summed E-state index contributed by atoms with van der Waals surface area (Å²) in [5.41, 5.74) is 1.91. The van der Waals surface area contributed by atoms with Crippen LogP contribution in [0.5, 0.6) is 0 Å². The second-order valence-electron chi connectivity index (χ2n) is 6.91. The van der Waals surface area contributed by atoms with Crippen molar-refractivity contribution in [2.24, 2.45) is 10.4 Å². The van der Waals surface area contributed by atoms with Gasteiger partial charge in [-0.2, -0.15) is 0 Å². The Morgan fingerprint density at radius 2 is 2.12 bits per heavy atom. The molecule has 1 aliphatic rings. The monoisotopic (exact) mass is 355 g/mol. The Balaban J connectivity index is 1.56. The van der Waals surface area contributed by atoms with Crippen LogP contribution in [0.3, 0.4) is 0 Å². The van der Waals surface area contributed by atoms with Gasteiger partial charge in [0, 0.05) is 24.1 Å². The first-order valence-electron chi connectivity index (χ1n) is 8.64. The molecule has 1 amide bonds. The van der Waals surface area contributed by atoms with Crippen LogP contribution in [0.2, 0.25) is 0 Å². The third-order valence-electron chi connectivity index (χ3n) is 4.46. The Labute approximate surface area is 152 Å². The molecule has 5 nitrogen and oxygen atoms in total. The van der Waals surface area contributed by atoms with Crippen LogP contribution in [0, 0.1) is 12.3 Å². The quantitative estimate of drug-likeness (QED) is 0.793. The number of amides is 1. The molecule has 1 aromatic heterocycles. The van der Waals surface area contributed by atoms with Gasteiger partial charge in [-0.05, 0) is 25.8 Å². The molecule has 6 heteroatoms. The molecule has 3 rings (SSSR count). The zero-order chi connectivity index (χ0) is 18.6. The molecule has 1 N–H and O–H groups in total. The van der Waals surface area contributed by atoms with Gasteiger partial charge in [0.2, 0.25) is 0 Å². The Kier molecular flexibility index (Phi) is 5.30. The minimum absolute atomic E-state index is 0.272. The van der Waals surface area contributed by atoms with E-state index in [4.69, 9.17) is 4.42 Å². The van der Waals surface area contributed by atoms with Crippen LogP contribution in [0.1, 0.15) is 35.8 Å². The largest absolute Gasteiger partial charge is 0.443 e. The number of rotatable bonds is 6. The molecule has 2 aromatic rings. The molecular weight excluding hydrogens is 333 g/mol. The molecule has 0 radical (unpaired) electrons. The van der Waals surface area contributed by atoms with Crippen molar-refractivity contribution in [1.82, 2.24) is 10.3 Å². The van der Waals surface area contributed by atoms with Crippen molar-refractivity contribution in [2.45, 2.75) is 26.7 Å². The summed E-state index contributed by atoms with van der Waals surface area (Å²) in [5, 5.41) is 2.86. The number of halogens is 1. The van der Waals surface area contributed by atoms with Gasteiger partial charge in [-0.25, -0.2) is 9.37 Å². The molecular formula is C20H22FN3O2. The lowest BCUT2D eigenvalue weighted by Gasteiger charge is -2.26. The van der Waals surface area contributed by atoms with Crippen LogP contribution in [-0.2, 0) is 0 Å². The minimum Gasteiger partial charge on any atom is -0.443 e. The maximum absolute atomic E-state index is 13.4. The van der Waals surface area contributed by atoms with Crippen molar-refractivity contribution in [3.63, 3.8) is 0 Å². The number of aliphatic imine (C=N–C) groups is 1. The van der Waals surface area contributed by atoms with E-state index >= 15 is 0 Å². The Hall–Kier alpha value is -2.76. The summed E-state index contributed by atoms with van der Waals surface area (Å²) in [5.74, 6) is -0.114. The smallest absolute Gasteiger partial charge is 0.273 e. The van der Waals surface area contributed by atoms with Gasteiger partial charge in [0.15, 0.2) is 17.8 Å². The summed E-state index contributed by atoms with van der Waals surface area (Å²) in [7, 11) is 0. The van der Waals surface area contributed by atoms with Crippen molar-refractivity contribution in [1.29, 1.82) is 0 Å². The van der Waals surface area contributed by atoms with Crippen molar-refractivity contribution >= 4 is 12.1 Å². The van der Waals surface area contributed by atoms with Crippen LogP contribution in [0.25, 0.3) is 11.3 Å². The third-order valence-corrected chi connectivity index (χ3v) is 4.46. The molecule has 1 atom stereocenters. The number of hydrogen-bond acceptors (Lipinski definition) is 4. The summed E-state index contributed by atoms with van der Waals surface area (Å²) in [6.07, 6.45) is 5.59. The van der Waals surface area contributed by atoms with Crippen LogP contribution in [-0.4, -0.2) is 30.2 Å². The fourth-order valence-corrected chi connectivity index (χ4v) is 3.00. The van der Waals surface area contributed by atoms with Gasteiger partial charge in [-0.1, -0.05) is 36.8 Å². The van der Waals surface area contributed by atoms with Crippen LogP contribution >= 0.6 is 0 Å². The molecule has 26 heavy (non-hydrogen) atoms. The summed E-state index contributed by atoms with van der Waals surface area (Å²) < 4.78 is 18.8. The van der Waals surface area contributed by atoms with Gasteiger partial charge in [-0.15, -0.1) is 0 Å². The molecule has 0 spiro atoms. The standard InChI is InChI=1S/C20H22FN3O2/c1-14-4-6-15(7-5-14)18-17(24-13-26-18)19(25)23-9-3-8-20(2)10-16(21)11-22-12-20/h4-7,10-11,13H,3,8-9,12H2,1-2H3,(H,23,25). The number of allylic oxidation sites excluding steroid dienone is 1. The molecule has 0 saturated heterocycles. The number of aromatic nitrogens is 1. The predicted molar refractivity (Wildman–Crippen MR) is 98.9 cm³/mol. The van der Waals surface area contributed by atoms with Crippen molar-refractivity contribution in [3.05, 3.63) is 53.8 Å². The molecule has 1 unspecified atom stereocenters. The van der Waals surface area contributed by atoms with E-state index in [0.29, 0.717) is 18.8 Å². The molecule has 0 bridgehead atoms. The number of aryl methyl sites for hydroxylation is 1. The lowest BCUT2D eigenvalue weighted by atomic mass is 9.84. The highest BCUT2D eigenvalue weighted by Gasteiger charge is 2.24. The number of hydrogen-bond donors (Lipinski definition) is 1. The minimum atomic E-state index is -0.301. The van der Waals surface area contributed by atoms with Crippen molar-refractivity contribution in [2.75, 3.05) is 13.1 Å². The lowest BCUT2D eigenvalue weighted by Crippen LogP contribution is -2.28. The zero-order valence-corrected chi connectivity index (χ0v) is 15.0. The van der Waals surface area contributed by atoms with Crippen molar-refractivity contribution < 1.29 is 13.6 Å². The first kappa shape index (κ1) is 18.0. The fourth-order valence-electron chi connectivity index (χ4n) is 3.00. The summed E-state index contributed by atoms with van der Waals surface area (Å²) in [4.78, 5) is 20.5. The Bertz CT molecular complexity index is 839. The van der Waals surface area contributed by atoms with Gasteiger partial charge in [0.25, 0.3) is 5.91 Å². The lowest BCUT2D eigenvalue weighted by molar-refractivity contribution is 0.0947.